The lowest BCUT2D eigenvalue weighted by Crippen LogP contribution is -2.47. The maximum absolute atomic E-state index is 13.9. The Kier molecular flexibility index (Phi) is 9.27. The molecule has 40 heavy (non-hydrogen) atoms. The number of esters is 1. The molecule has 0 unspecified atom stereocenters. The van der Waals surface area contributed by atoms with Crippen LogP contribution in [-0.4, -0.2) is 53.5 Å². The van der Waals surface area contributed by atoms with E-state index in [0.29, 0.717) is 16.5 Å². The molecule has 1 aliphatic heterocycles. The molecule has 0 N–H and O–H groups in total. The van der Waals surface area contributed by atoms with Gasteiger partial charge in [-0.1, -0.05) is 5.92 Å². The third kappa shape index (κ3) is 6.81. The van der Waals surface area contributed by atoms with Crippen molar-refractivity contribution in [3.8, 4) is 17.6 Å². The maximum Gasteiger partial charge on any atom is 0.423 e. The zero-order chi connectivity index (χ0) is 29.8. The second-order valence-electron chi connectivity index (χ2n) is 9.89. The predicted molar refractivity (Wildman–Crippen MR) is 135 cm³/mol. The van der Waals surface area contributed by atoms with Gasteiger partial charge in [0.15, 0.2) is 0 Å². The van der Waals surface area contributed by atoms with Gasteiger partial charge in [-0.2, -0.15) is 17.7 Å². The first kappa shape index (κ1) is 30.6. The van der Waals surface area contributed by atoms with E-state index in [-0.39, 0.29) is 29.8 Å². The molecular formula is C27H29F3N2O8. The molecule has 0 radical (unpaired) electrons. The fourth-order valence-corrected chi connectivity index (χ4v) is 3.81. The van der Waals surface area contributed by atoms with Crippen molar-refractivity contribution in [3.63, 3.8) is 0 Å². The largest absolute Gasteiger partial charge is 0.497 e. The topological polar surface area (TPSA) is 115 Å². The lowest BCUT2D eigenvalue weighted by molar-refractivity contribution is -0.160. The molecule has 2 heterocycles. The summed E-state index contributed by atoms with van der Waals surface area (Å²) in [6, 6.07) is 5.13. The standard InChI is InChI=1S/C27H29F3N2O8/c1-6-7-12-38-19-13-21(40-20(19)15-39-24(35)26(2,3)4)31-14-18(27(28,29)30)23(34)32(25(31)36)22(33)16-8-10-17(37-5)11-9-16/h8-11,14,19-21H,12-13,15H2,1-5H3/t19-,20+,21+/m0/s1. The number of carbonyl (C=O) groups is 2. The Bertz CT molecular complexity index is 1430. The highest BCUT2D eigenvalue weighted by atomic mass is 19.4. The number of methoxy groups -OCH3 is 1. The number of aromatic nitrogens is 2. The van der Waals surface area contributed by atoms with E-state index in [1.165, 1.54) is 31.4 Å². The Labute approximate surface area is 227 Å². The fourth-order valence-electron chi connectivity index (χ4n) is 3.81. The van der Waals surface area contributed by atoms with Gasteiger partial charge in [-0.05, 0) is 52.0 Å². The van der Waals surface area contributed by atoms with Crippen LogP contribution in [0.15, 0.2) is 40.1 Å². The van der Waals surface area contributed by atoms with Gasteiger partial charge in [-0.25, -0.2) is 4.79 Å². The Morgan fingerprint density at radius 2 is 1.77 bits per heavy atom. The van der Waals surface area contributed by atoms with Crippen molar-refractivity contribution in [2.75, 3.05) is 20.3 Å². The summed E-state index contributed by atoms with van der Waals surface area (Å²) in [4.78, 5) is 51.5. The summed E-state index contributed by atoms with van der Waals surface area (Å²) in [6.45, 7) is 6.13. The number of ether oxygens (including phenoxy) is 4. The van der Waals surface area contributed by atoms with Crippen molar-refractivity contribution in [1.29, 1.82) is 0 Å². The molecule has 0 aliphatic carbocycles. The molecule has 1 aromatic carbocycles. The van der Waals surface area contributed by atoms with E-state index in [0.717, 1.165) is 0 Å². The smallest absolute Gasteiger partial charge is 0.423 e. The van der Waals surface area contributed by atoms with Crippen LogP contribution in [0, 0.1) is 17.3 Å². The molecule has 0 spiro atoms. The molecule has 0 bridgehead atoms. The highest BCUT2D eigenvalue weighted by molar-refractivity contribution is 5.95. The minimum atomic E-state index is -5.19. The van der Waals surface area contributed by atoms with Crippen LogP contribution in [-0.2, 0) is 25.2 Å². The molecule has 13 heteroatoms. The summed E-state index contributed by atoms with van der Waals surface area (Å²) in [5.74, 6) is 3.85. The zero-order valence-electron chi connectivity index (χ0n) is 22.5. The van der Waals surface area contributed by atoms with E-state index < -0.39 is 58.7 Å². The van der Waals surface area contributed by atoms with Gasteiger partial charge in [0.05, 0.1) is 18.6 Å². The Hall–Kier alpha value is -3.89. The third-order valence-corrected chi connectivity index (χ3v) is 5.99. The van der Waals surface area contributed by atoms with Crippen molar-refractivity contribution in [2.45, 2.75) is 58.7 Å². The number of hydrogen-bond donors (Lipinski definition) is 0. The van der Waals surface area contributed by atoms with Crippen molar-refractivity contribution in [2.24, 2.45) is 5.41 Å². The fraction of sp³-hybridized carbons (Fsp3) is 0.481. The van der Waals surface area contributed by atoms with Crippen LogP contribution in [0.3, 0.4) is 0 Å². The number of rotatable bonds is 7. The van der Waals surface area contributed by atoms with Gasteiger partial charge in [0.1, 0.15) is 36.9 Å². The quantitative estimate of drug-likeness (QED) is 0.371. The molecule has 1 saturated heterocycles. The molecule has 1 fully saturated rings. The first-order chi connectivity index (χ1) is 18.7. The Balaban J connectivity index is 2.05. The van der Waals surface area contributed by atoms with Crippen molar-refractivity contribution < 1.29 is 41.7 Å². The second-order valence-corrected chi connectivity index (χ2v) is 9.89. The van der Waals surface area contributed by atoms with Crippen LogP contribution >= 0.6 is 0 Å². The van der Waals surface area contributed by atoms with E-state index >= 15 is 0 Å². The van der Waals surface area contributed by atoms with Gasteiger partial charge < -0.3 is 18.9 Å². The summed E-state index contributed by atoms with van der Waals surface area (Å²) < 4.78 is 63.9. The number of carbonyl (C=O) groups excluding carboxylic acids is 2. The van der Waals surface area contributed by atoms with Crippen molar-refractivity contribution in [3.05, 3.63) is 62.4 Å². The van der Waals surface area contributed by atoms with Crippen molar-refractivity contribution in [1.82, 2.24) is 9.13 Å². The molecular weight excluding hydrogens is 537 g/mol. The Morgan fingerprint density at radius 1 is 1.12 bits per heavy atom. The molecule has 0 saturated carbocycles. The summed E-state index contributed by atoms with van der Waals surface area (Å²) in [7, 11) is 1.37. The van der Waals surface area contributed by atoms with E-state index in [1.54, 1.807) is 27.7 Å². The first-order valence-electron chi connectivity index (χ1n) is 12.2. The van der Waals surface area contributed by atoms with Gasteiger partial charge in [-0.15, -0.1) is 5.92 Å². The lowest BCUT2D eigenvalue weighted by Gasteiger charge is -2.22. The highest BCUT2D eigenvalue weighted by Gasteiger charge is 2.42. The van der Waals surface area contributed by atoms with Crippen LogP contribution in [0.25, 0.3) is 0 Å². The minimum absolute atomic E-state index is 0.0564. The molecule has 0 amide bonds. The van der Waals surface area contributed by atoms with Gasteiger partial charge >= 0.3 is 17.8 Å². The molecule has 10 nitrogen and oxygen atoms in total. The molecule has 2 aromatic rings. The SMILES string of the molecule is CC#CCO[C@H]1C[C@H](n2cc(C(F)(F)F)c(=O)n(C(=O)c3ccc(OC)cc3)c2=O)O[C@@H]1COC(=O)C(C)(C)C. The average Bonchev–Trinajstić information content (AvgIpc) is 3.28. The first-order valence-corrected chi connectivity index (χ1v) is 12.2. The third-order valence-electron chi connectivity index (χ3n) is 5.99. The zero-order valence-corrected chi connectivity index (χ0v) is 22.5. The van der Waals surface area contributed by atoms with Gasteiger partial charge in [-0.3, -0.25) is 19.0 Å². The predicted octanol–water partition coefficient (Wildman–Crippen LogP) is 3.01. The van der Waals surface area contributed by atoms with Gasteiger partial charge in [0, 0.05) is 18.2 Å². The van der Waals surface area contributed by atoms with Crippen LogP contribution < -0.4 is 16.0 Å². The monoisotopic (exact) mass is 566 g/mol. The van der Waals surface area contributed by atoms with Crippen LogP contribution in [0.2, 0.25) is 0 Å². The van der Waals surface area contributed by atoms with E-state index in [9.17, 15) is 32.3 Å². The number of halogens is 3. The summed E-state index contributed by atoms with van der Waals surface area (Å²) in [5, 5.41) is 0. The van der Waals surface area contributed by atoms with Crippen LogP contribution in [0.1, 0.15) is 56.3 Å². The molecule has 216 valence electrons. The van der Waals surface area contributed by atoms with E-state index in [4.69, 9.17) is 18.9 Å². The van der Waals surface area contributed by atoms with Crippen molar-refractivity contribution >= 4 is 11.9 Å². The minimum Gasteiger partial charge on any atom is -0.497 e. The van der Waals surface area contributed by atoms with E-state index in [2.05, 4.69) is 11.8 Å². The summed E-state index contributed by atoms with van der Waals surface area (Å²) >= 11 is 0. The summed E-state index contributed by atoms with van der Waals surface area (Å²) in [5.41, 5.74) is -5.96. The second kappa shape index (κ2) is 12.1. The van der Waals surface area contributed by atoms with Crippen LogP contribution in [0.5, 0.6) is 5.75 Å². The van der Waals surface area contributed by atoms with Crippen LogP contribution in [0.4, 0.5) is 13.2 Å². The lowest BCUT2D eigenvalue weighted by atomic mass is 9.97. The average molecular weight is 567 g/mol. The number of nitrogens with zero attached hydrogens (tertiary/aromatic N) is 2. The highest BCUT2D eigenvalue weighted by Crippen LogP contribution is 2.32. The number of alkyl halides is 3. The van der Waals surface area contributed by atoms with Gasteiger partial charge in [0.25, 0.3) is 11.5 Å². The normalized spacial score (nSPS) is 19.1. The molecule has 3 atom stereocenters. The maximum atomic E-state index is 13.9. The van der Waals surface area contributed by atoms with E-state index in [1.807, 2.05) is 0 Å². The number of hydrogen-bond acceptors (Lipinski definition) is 8. The Morgan fingerprint density at radius 3 is 2.33 bits per heavy atom. The molecule has 1 aliphatic rings. The molecule has 1 aromatic heterocycles. The van der Waals surface area contributed by atoms with Gasteiger partial charge in [0.2, 0.25) is 0 Å². The number of benzene rings is 1. The summed E-state index contributed by atoms with van der Waals surface area (Å²) in [6.07, 6.45) is -8.23. The molecule has 3 rings (SSSR count).